The van der Waals surface area contributed by atoms with Crippen LogP contribution in [0.15, 0.2) is 78.9 Å². The molecule has 3 rings (SSSR count). The molecule has 1 amide bonds. The number of ketones is 1. The van der Waals surface area contributed by atoms with Crippen molar-refractivity contribution in [2.75, 3.05) is 6.61 Å². The summed E-state index contributed by atoms with van der Waals surface area (Å²) in [5.74, 6) is -0.0366. The van der Waals surface area contributed by atoms with Crippen LogP contribution in [0.2, 0.25) is 0 Å². The fourth-order valence-electron chi connectivity index (χ4n) is 2.55. The molecule has 0 aliphatic rings. The first-order valence-corrected chi connectivity index (χ1v) is 9.39. The molecule has 8 heteroatoms. The highest BCUT2D eigenvalue weighted by molar-refractivity contribution is 6.10. The third kappa shape index (κ3) is 7.28. The molecule has 0 spiro atoms. The van der Waals surface area contributed by atoms with Crippen molar-refractivity contribution < 1.29 is 24.0 Å². The monoisotopic (exact) mass is 422 g/mol. The van der Waals surface area contributed by atoms with Gasteiger partial charge in [0.25, 0.3) is 5.69 Å². The van der Waals surface area contributed by atoms with E-state index in [-0.39, 0.29) is 23.8 Å². The second kappa shape index (κ2) is 11.7. The highest BCUT2D eigenvalue weighted by Crippen LogP contribution is 2.28. The van der Waals surface area contributed by atoms with Gasteiger partial charge in [-0.25, -0.2) is 4.79 Å². The number of nitro benzene ring substituents is 1. The molecule has 0 heterocycles. The SMILES string of the molecule is CCOC(N)=O.O=C(c1ccccc1)c1ccc([N+](=O)[O-])cc1OCc1ccccc1. The van der Waals surface area contributed by atoms with E-state index in [4.69, 9.17) is 4.74 Å². The molecular weight excluding hydrogens is 400 g/mol. The summed E-state index contributed by atoms with van der Waals surface area (Å²) in [4.78, 5) is 32.8. The van der Waals surface area contributed by atoms with Crippen LogP contribution < -0.4 is 10.5 Å². The fraction of sp³-hybridized carbons (Fsp3) is 0.130. The van der Waals surface area contributed by atoms with Crippen LogP contribution in [0.1, 0.15) is 28.4 Å². The van der Waals surface area contributed by atoms with Crippen LogP contribution in [-0.4, -0.2) is 23.4 Å². The smallest absolute Gasteiger partial charge is 0.404 e. The molecule has 8 nitrogen and oxygen atoms in total. The van der Waals surface area contributed by atoms with Crippen molar-refractivity contribution in [2.45, 2.75) is 13.5 Å². The van der Waals surface area contributed by atoms with Crippen molar-refractivity contribution >= 4 is 17.6 Å². The Hall–Kier alpha value is -4.20. The van der Waals surface area contributed by atoms with Crippen LogP contribution in [0, 0.1) is 10.1 Å². The van der Waals surface area contributed by atoms with Crippen LogP contribution in [0.3, 0.4) is 0 Å². The van der Waals surface area contributed by atoms with Crippen molar-refractivity contribution in [1.82, 2.24) is 0 Å². The number of nitrogens with two attached hydrogens (primary N) is 1. The molecule has 0 aromatic heterocycles. The lowest BCUT2D eigenvalue weighted by atomic mass is 10.0. The van der Waals surface area contributed by atoms with E-state index in [0.717, 1.165) is 5.56 Å². The van der Waals surface area contributed by atoms with E-state index < -0.39 is 11.0 Å². The lowest BCUT2D eigenvalue weighted by Gasteiger charge is -2.11. The molecule has 0 bridgehead atoms. The number of carbonyl (C=O) groups excluding carboxylic acids is 2. The summed E-state index contributed by atoms with van der Waals surface area (Å²) in [5.41, 5.74) is 6.13. The number of benzene rings is 3. The lowest BCUT2D eigenvalue weighted by Crippen LogP contribution is -2.11. The molecule has 160 valence electrons. The highest BCUT2D eigenvalue weighted by atomic mass is 16.6. The predicted molar refractivity (Wildman–Crippen MR) is 115 cm³/mol. The summed E-state index contributed by atoms with van der Waals surface area (Å²) in [6.45, 7) is 2.27. The summed E-state index contributed by atoms with van der Waals surface area (Å²) in [7, 11) is 0. The molecule has 0 fully saturated rings. The van der Waals surface area contributed by atoms with Gasteiger partial charge in [-0.1, -0.05) is 60.7 Å². The van der Waals surface area contributed by atoms with Crippen molar-refractivity contribution in [1.29, 1.82) is 0 Å². The van der Waals surface area contributed by atoms with Gasteiger partial charge >= 0.3 is 6.09 Å². The van der Waals surface area contributed by atoms with Gasteiger partial charge in [-0.3, -0.25) is 14.9 Å². The van der Waals surface area contributed by atoms with Gasteiger partial charge < -0.3 is 15.2 Å². The minimum Gasteiger partial charge on any atom is -0.488 e. The molecule has 0 saturated carbocycles. The molecule has 3 aromatic carbocycles. The molecular formula is C23H22N2O6. The number of primary amides is 1. The van der Waals surface area contributed by atoms with Gasteiger partial charge in [0.2, 0.25) is 0 Å². The van der Waals surface area contributed by atoms with E-state index in [2.05, 4.69) is 10.5 Å². The van der Waals surface area contributed by atoms with Gasteiger partial charge in [0, 0.05) is 11.6 Å². The number of nitro groups is 1. The van der Waals surface area contributed by atoms with Gasteiger partial charge in [0.1, 0.15) is 12.4 Å². The normalized spacial score (nSPS) is 9.71. The minimum absolute atomic E-state index is 0.118. The third-order valence-electron chi connectivity index (χ3n) is 3.98. The lowest BCUT2D eigenvalue weighted by molar-refractivity contribution is -0.384. The van der Waals surface area contributed by atoms with Crippen LogP contribution in [-0.2, 0) is 11.3 Å². The van der Waals surface area contributed by atoms with Gasteiger partial charge in [-0.05, 0) is 18.6 Å². The molecule has 2 N–H and O–H groups in total. The summed E-state index contributed by atoms with van der Waals surface area (Å²) in [5, 5.41) is 11.0. The quantitative estimate of drug-likeness (QED) is 0.340. The summed E-state index contributed by atoms with van der Waals surface area (Å²) < 4.78 is 9.91. The number of hydrogen-bond acceptors (Lipinski definition) is 6. The molecule has 0 aliphatic carbocycles. The minimum atomic E-state index is -0.711. The Morgan fingerprint density at radius 1 is 0.968 bits per heavy atom. The van der Waals surface area contributed by atoms with Crippen molar-refractivity contribution in [3.05, 3.63) is 106 Å². The second-order valence-electron chi connectivity index (χ2n) is 6.16. The predicted octanol–water partition coefficient (Wildman–Crippen LogP) is 4.51. The molecule has 31 heavy (non-hydrogen) atoms. The second-order valence-corrected chi connectivity index (χ2v) is 6.16. The number of ether oxygens (including phenoxy) is 2. The Balaban J connectivity index is 0.000000501. The van der Waals surface area contributed by atoms with Crippen molar-refractivity contribution in [2.24, 2.45) is 5.73 Å². The maximum Gasteiger partial charge on any atom is 0.404 e. The number of rotatable bonds is 7. The Bertz CT molecular complexity index is 1020. The molecule has 0 unspecified atom stereocenters. The summed E-state index contributed by atoms with van der Waals surface area (Å²) in [6.07, 6.45) is -0.711. The van der Waals surface area contributed by atoms with Gasteiger partial charge in [-0.2, -0.15) is 0 Å². The van der Waals surface area contributed by atoms with E-state index in [1.165, 1.54) is 18.2 Å². The molecule has 3 aromatic rings. The summed E-state index contributed by atoms with van der Waals surface area (Å²) in [6, 6.07) is 22.2. The number of amides is 1. The zero-order valence-electron chi connectivity index (χ0n) is 16.9. The van der Waals surface area contributed by atoms with Crippen LogP contribution >= 0.6 is 0 Å². The fourth-order valence-corrected chi connectivity index (χ4v) is 2.55. The first kappa shape index (κ1) is 23.1. The number of carbonyl (C=O) groups is 2. The zero-order valence-corrected chi connectivity index (χ0v) is 16.9. The van der Waals surface area contributed by atoms with E-state index in [9.17, 15) is 19.7 Å². The van der Waals surface area contributed by atoms with E-state index in [1.54, 1.807) is 31.2 Å². The largest absolute Gasteiger partial charge is 0.488 e. The van der Waals surface area contributed by atoms with Crippen molar-refractivity contribution in [3.8, 4) is 5.75 Å². The zero-order chi connectivity index (χ0) is 22.6. The van der Waals surface area contributed by atoms with Crippen LogP contribution in [0.4, 0.5) is 10.5 Å². The third-order valence-corrected chi connectivity index (χ3v) is 3.98. The first-order chi connectivity index (χ1) is 14.9. The van der Waals surface area contributed by atoms with Crippen LogP contribution in [0.5, 0.6) is 5.75 Å². The van der Waals surface area contributed by atoms with Crippen molar-refractivity contribution in [3.63, 3.8) is 0 Å². The van der Waals surface area contributed by atoms with E-state index >= 15 is 0 Å². The maximum atomic E-state index is 12.7. The Morgan fingerprint density at radius 2 is 1.58 bits per heavy atom. The molecule has 0 radical (unpaired) electrons. The topological polar surface area (TPSA) is 122 Å². The Morgan fingerprint density at radius 3 is 2.10 bits per heavy atom. The first-order valence-electron chi connectivity index (χ1n) is 9.39. The maximum absolute atomic E-state index is 12.7. The van der Waals surface area contributed by atoms with Crippen LogP contribution in [0.25, 0.3) is 0 Å². The molecule has 0 saturated heterocycles. The summed E-state index contributed by atoms with van der Waals surface area (Å²) >= 11 is 0. The highest BCUT2D eigenvalue weighted by Gasteiger charge is 2.18. The number of non-ortho nitro benzene ring substituents is 1. The van der Waals surface area contributed by atoms with Gasteiger partial charge in [-0.15, -0.1) is 0 Å². The van der Waals surface area contributed by atoms with E-state index in [1.807, 2.05) is 36.4 Å². The average molecular weight is 422 g/mol. The average Bonchev–Trinajstić information content (AvgIpc) is 2.78. The number of nitrogens with zero attached hydrogens (tertiary/aromatic N) is 1. The Labute approximate surface area is 179 Å². The number of hydrogen-bond donors (Lipinski definition) is 1. The van der Waals surface area contributed by atoms with Gasteiger partial charge in [0.05, 0.1) is 23.2 Å². The van der Waals surface area contributed by atoms with E-state index in [0.29, 0.717) is 17.7 Å². The molecule has 0 aliphatic heterocycles. The van der Waals surface area contributed by atoms with Gasteiger partial charge in [0.15, 0.2) is 5.78 Å². The Kier molecular flexibility index (Phi) is 8.72. The standard InChI is InChI=1S/C20H15NO4.C3H7NO2/c22-20(16-9-5-2-6-10-16)18-12-11-17(21(23)24)13-19(18)25-14-15-7-3-1-4-8-15;1-2-6-3(4)5/h1-13H,14H2;2H2,1H3,(H2,4,5). The molecule has 0 atom stereocenters.